The lowest BCUT2D eigenvalue weighted by Gasteiger charge is -2.10. The number of sulfonamides is 1. The smallest absolute Gasteiger partial charge is 0.229 e. The van der Waals surface area contributed by atoms with Gasteiger partial charge in [-0.2, -0.15) is 0 Å². The molecule has 1 aromatic carbocycles. The zero-order valence-corrected chi connectivity index (χ0v) is 9.06. The van der Waals surface area contributed by atoms with Crippen LogP contribution < -0.4 is 10.0 Å². The SMILES string of the molecule is CCNc1ccccc1NS(C)(=O)=O. The monoisotopic (exact) mass is 214 g/mol. The predicted molar refractivity (Wildman–Crippen MR) is 59.1 cm³/mol. The molecule has 5 heteroatoms. The Labute approximate surface area is 84.4 Å². The molecule has 0 bridgehead atoms. The van der Waals surface area contributed by atoms with Crippen LogP contribution in [0.1, 0.15) is 6.92 Å². The Morgan fingerprint density at radius 1 is 1.21 bits per heavy atom. The second kappa shape index (κ2) is 4.32. The van der Waals surface area contributed by atoms with E-state index in [1.807, 2.05) is 19.1 Å². The first kappa shape index (κ1) is 10.8. The maximum absolute atomic E-state index is 11.0. The summed E-state index contributed by atoms with van der Waals surface area (Å²) in [4.78, 5) is 0. The van der Waals surface area contributed by atoms with Gasteiger partial charge in [-0.25, -0.2) is 8.42 Å². The van der Waals surface area contributed by atoms with E-state index in [2.05, 4.69) is 10.0 Å². The molecule has 78 valence electrons. The molecular formula is C9H14N2O2S. The molecule has 0 saturated heterocycles. The molecule has 0 aliphatic heterocycles. The number of anilines is 2. The summed E-state index contributed by atoms with van der Waals surface area (Å²) in [6, 6.07) is 7.19. The summed E-state index contributed by atoms with van der Waals surface area (Å²) in [6.07, 6.45) is 1.13. The van der Waals surface area contributed by atoms with Gasteiger partial charge < -0.3 is 5.32 Å². The molecule has 0 fully saturated rings. The molecule has 0 aromatic heterocycles. The molecule has 0 aliphatic carbocycles. The van der Waals surface area contributed by atoms with Gasteiger partial charge in [0.1, 0.15) is 0 Å². The second-order valence-corrected chi connectivity index (χ2v) is 4.70. The molecule has 14 heavy (non-hydrogen) atoms. The van der Waals surface area contributed by atoms with Gasteiger partial charge in [0.05, 0.1) is 17.6 Å². The van der Waals surface area contributed by atoms with Gasteiger partial charge in [-0.05, 0) is 19.1 Å². The first-order chi connectivity index (χ1) is 6.53. The highest BCUT2D eigenvalue weighted by molar-refractivity contribution is 7.92. The summed E-state index contributed by atoms with van der Waals surface area (Å²) in [5, 5.41) is 3.07. The van der Waals surface area contributed by atoms with Crippen molar-refractivity contribution < 1.29 is 8.42 Å². The highest BCUT2D eigenvalue weighted by Gasteiger charge is 2.05. The van der Waals surface area contributed by atoms with Crippen LogP contribution in [0, 0.1) is 0 Å². The van der Waals surface area contributed by atoms with Crippen LogP contribution >= 0.6 is 0 Å². The normalized spacial score (nSPS) is 11.0. The van der Waals surface area contributed by atoms with E-state index in [-0.39, 0.29) is 0 Å². The van der Waals surface area contributed by atoms with E-state index >= 15 is 0 Å². The maximum Gasteiger partial charge on any atom is 0.229 e. The van der Waals surface area contributed by atoms with E-state index in [9.17, 15) is 8.42 Å². The number of benzene rings is 1. The lowest BCUT2D eigenvalue weighted by molar-refractivity contribution is 0.607. The molecule has 2 N–H and O–H groups in total. The third-order valence-electron chi connectivity index (χ3n) is 1.59. The molecule has 4 nitrogen and oxygen atoms in total. The van der Waals surface area contributed by atoms with Gasteiger partial charge >= 0.3 is 0 Å². The third-order valence-corrected chi connectivity index (χ3v) is 2.18. The van der Waals surface area contributed by atoms with E-state index < -0.39 is 10.0 Å². The molecular weight excluding hydrogens is 200 g/mol. The highest BCUT2D eigenvalue weighted by Crippen LogP contribution is 2.21. The molecule has 0 radical (unpaired) electrons. The largest absolute Gasteiger partial charge is 0.384 e. The van der Waals surface area contributed by atoms with Gasteiger partial charge in [0, 0.05) is 6.54 Å². The number of rotatable bonds is 4. The molecule has 0 saturated carbocycles. The first-order valence-electron chi connectivity index (χ1n) is 4.33. The quantitative estimate of drug-likeness (QED) is 0.798. The number of para-hydroxylation sites is 2. The van der Waals surface area contributed by atoms with Crippen LogP contribution in [0.25, 0.3) is 0 Å². The van der Waals surface area contributed by atoms with Crippen molar-refractivity contribution >= 4 is 21.4 Å². The van der Waals surface area contributed by atoms with Gasteiger partial charge in [-0.15, -0.1) is 0 Å². The Hall–Kier alpha value is -1.23. The molecule has 0 unspecified atom stereocenters. The highest BCUT2D eigenvalue weighted by atomic mass is 32.2. The van der Waals surface area contributed by atoms with Crippen LogP contribution in [0.5, 0.6) is 0 Å². The molecule has 1 rings (SSSR count). The van der Waals surface area contributed by atoms with Crippen LogP contribution in [0.4, 0.5) is 11.4 Å². The topological polar surface area (TPSA) is 58.2 Å². The minimum absolute atomic E-state index is 0.580. The van der Waals surface area contributed by atoms with Crippen molar-refractivity contribution in [2.75, 3.05) is 22.8 Å². The van der Waals surface area contributed by atoms with Crippen molar-refractivity contribution in [3.05, 3.63) is 24.3 Å². The predicted octanol–water partition coefficient (Wildman–Crippen LogP) is 1.49. The van der Waals surface area contributed by atoms with Gasteiger partial charge in [0.2, 0.25) is 10.0 Å². The van der Waals surface area contributed by atoms with E-state index in [0.717, 1.165) is 18.5 Å². The Kier molecular flexibility index (Phi) is 3.35. The van der Waals surface area contributed by atoms with Crippen molar-refractivity contribution in [3.63, 3.8) is 0 Å². The Morgan fingerprint density at radius 3 is 2.29 bits per heavy atom. The van der Waals surface area contributed by atoms with E-state index in [4.69, 9.17) is 0 Å². The lowest BCUT2D eigenvalue weighted by Crippen LogP contribution is -2.11. The average Bonchev–Trinajstić information content (AvgIpc) is 2.06. The summed E-state index contributed by atoms with van der Waals surface area (Å²) >= 11 is 0. The number of nitrogens with one attached hydrogen (secondary N) is 2. The van der Waals surface area contributed by atoms with Crippen LogP contribution in [-0.2, 0) is 10.0 Å². The summed E-state index contributed by atoms with van der Waals surface area (Å²) in [6.45, 7) is 2.71. The van der Waals surface area contributed by atoms with E-state index in [1.54, 1.807) is 12.1 Å². The fourth-order valence-electron chi connectivity index (χ4n) is 1.12. The van der Waals surface area contributed by atoms with Crippen LogP contribution in [0.15, 0.2) is 24.3 Å². The van der Waals surface area contributed by atoms with Crippen molar-refractivity contribution in [3.8, 4) is 0 Å². The summed E-state index contributed by atoms with van der Waals surface area (Å²) in [5.41, 5.74) is 1.37. The summed E-state index contributed by atoms with van der Waals surface area (Å²) < 4.78 is 24.5. The minimum atomic E-state index is -3.21. The van der Waals surface area contributed by atoms with Crippen LogP contribution in [0.2, 0.25) is 0 Å². The molecule has 0 aliphatic rings. The Morgan fingerprint density at radius 2 is 1.79 bits per heavy atom. The van der Waals surface area contributed by atoms with Crippen molar-refractivity contribution in [1.29, 1.82) is 0 Å². The first-order valence-corrected chi connectivity index (χ1v) is 6.23. The molecule has 0 atom stereocenters. The van der Waals surface area contributed by atoms with Crippen LogP contribution in [-0.4, -0.2) is 21.2 Å². The van der Waals surface area contributed by atoms with Gasteiger partial charge in [0.15, 0.2) is 0 Å². The molecule has 1 aromatic rings. The fraction of sp³-hybridized carbons (Fsp3) is 0.333. The van der Waals surface area contributed by atoms with Crippen molar-refractivity contribution in [2.24, 2.45) is 0 Å². The number of hydrogen-bond acceptors (Lipinski definition) is 3. The van der Waals surface area contributed by atoms with Crippen molar-refractivity contribution in [1.82, 2.24) is 0 Å². The molecule has 0 spiro atoms. The average molecular weight is 214 g/mol. The fourth-order valence-corrected chi connectivity index (χ4v) is 1.69. The van der Waals surface area contributed by atoms with Gasteiger partial charge in [0.25, 0.3) is 0 Å². The lowest BCUT2D eigenvalue weighted by atomic mass is 10.3. The zero-order chi connectivity index (χ0) is 10.6. The van der Waals surface area contributed by atoms with E-state index in [1.165, 1.54) is 0 Å². The van der Waals surface area contributed by atoms with Gasteiger partial charge in [-0.1, -0.05) is 12.1 Å². The summed E-state index contributed by atoms with van der Waals surface area (Å²) in [7, 11) is -3.21. The van der Waals surface area contributed by atoms with Crippen LogP contribution in [0.3, 0.4) is 0 Å². The minimum Gasteiger partial charge on any atom is -0.384 e. The van der Waals surface area contributed by atoms with E-state index in [0.29, 0.717) is 5.69 Å². The maximum atomic E-state index is 11.0. The molecule has 0 amide bonds. The molecule has 0 heterocycles. The Bertz CT molecular complexity index is 401. The Balaban J connectivity index is 2.95. The second-order valence-electron chi connectivity index (χ2n) is 2.95. The standard InChI is InChI=1S/C9H14N2O2S/c1-3-10-8-6-4-5-7-9(8)11-14(2,12)13/h4-7,10-11H,3H2,1-2H3. The third kappa shape index (κ3) is 3.26. The van der Waals surface area contributed by atoms with Gasteiger partial charge in [-0.3, -0.25) is 4.72 Å². The van der Waals surface area contributed by atoms with Crippen molar-refractivity contribution in [2.45, 2.75) is 6.92 Å². The zero-order valence-electron chi connectivity index (χ0n) is 8.24. The summed E-state index contributed by atoms with van der Waals surface area (Å²) in [5.74, 6) is 0. The number of hydrogen-bond donors (Lipinski definition) is 2.